The Balaban J connectivity index is 1.80. The second kappa shape index (κ2) is 8.75. The van der Waals surface area contributed by atoms with E-state index in [0.717, 1.165) is 15.4 Å². The van der Waals surface area contributed by atoms with Gasteiger partial charge < -0.3 is 9.42 Å². The minimum absolute atomic E-state index is 0.0834. The lowest BCUT2D eigenvalue weighted by Crippen LogP contribution is -2.49. The maximum Gasteiger partial charge on any atom is 0.246 e. The Morgan fingerprint density at radius 2 is 1.93 bits per heavy atom. The summed E-state index contributed by atoms with van der Waals surface area (Å²) in [6.07, 6.45) is 1.41. The fraction of sp³-hybridized carbons (Fsp3) is 0.316. The Labute approximate surface area is 173 Å². The molecule has 1 atom stereocenters. The second-order valence-corrected chi connectivity index (χ2v) is 9.31. The molecule has 0 aliphatic rings. The Hall–Kier alpha value is -2.72. The molecule has 0 radical (unpaired) electrons. The number of carbonyl (C=O) groups is 1. The molecule has 2 heterocycles. The lowest BCUT2D eigenvalue weighted by atomic mass is 10.1. The van der Waals surface area contributed by atoms with Crippen LogP contribution in [0.25, 0.3) is 10.7 Å². The number of amides is 1. The molecule has 1 amide bonds. The fourth-order valence-corrected chi connectivity index (χ4v) is 4.83. The summed E-state index contributed by atoms with van der Waals surface area (Å²) in [5.74, 6) is 0.396. The van der Waals surface area contributed by atoms with E-state index in [1.165, 1.54) is 16.2 Å². The van der Waals surface area contributed by atoms with Crippen LogP contribution in [0.2, 0.25) is 0 Å². The molecule has 3 rings (SSSR count). The maximum atomic E-state index is 13.1. The van der Waals surface area contributed by atoms with E-state index in [1.807, 2.05) is 17.5 Å². The largest absolute Gasteiger partial charge is 0.337 e. The molecule has 154 valence electrons. The van der Waals surface area contributed by atoms with E-state index in [1.54, 1.807) is 44.3 Å². The van der Waals surface area contributed by atoms with Crippen molar-refractivity contribution >= 4 is 33.0 Å². The summed E-state index contributed by atoms with van der Waals surface area (Å²) >= 11 is 1.49. The van der Waals surface area contributed by atoms with Gasteiger partial charge in [0.25, 0.3) is 0 Å². The van der Waals surface area contributed by atoms with E-state index in [9.17, 15) is 13.2 Å². The molecule has 0 fully saturated rings. The summed E-state index contributed by atoms with van der Waals surface area (Å²) in [6, 6.07) is 11.5. The highest BCUT2D eigenvalue weighted by atomic mass is 32.2. The van der Waals surface area contributed by atoms with Crippen LogP contribution < -0.4 is 4.31 Å². The molecule has 0 N–H and O–H groups in total. The quantitative estimate of drug-likeness (QED) is 0.541. The number of hydrogen-bond donors (Lipinski definition) is 0. The Bertz CT molecular complexity index is 1050. The van der Waals surface area contributed by atoms with Crippen LogP contribution in [0.15, 0.2) is 52.4 Å². The first-order valence-electron chi connectivity index (χ1n) is 8.97. The van der Waals surface area contributed by atoms with Gasteiger partial charge in [-0.3, -0.25) is 9.10 Å². The number of likely N-dealkylation sites (N-methyl/N-ethyl adjacent to an activating group) is 1. The van der Waals surface area contributed by atoms with Crippen LogP contribution in [0.3, 0.4) is 0 Å². The minimum Gasteiger partial charge on any atom is -0.337 e. The molecule has 0 unspecified atom stereocenters. The molecule has 10 heteroatoms. The molecular weight excluding hydrogens is 412 g/mol. The molecule has 0 saturated carbocycles. The zero-order valence-electron chi connectivity index (χ0n) is 16.3. The SMILES string of the molecule is CC[C@@H](C(=O)N(C)Cc1nc(-c2cccs2)no1)N(c1ccccc1)S(C)(=O)=O. The Kier molecular flexibility index (Phi) is 6.33. The van der Waals surface area contributed by atoms with Crippen molar-refractivity contribution in [2.24, 2.45) is 0 Å². The second-order valence-electron chi connectivity index (χ2n) is 6.50. The molecule has 0 spiro atoms. The van der Waals surface area contributed by atoms with Crippen LogP contribution in [-0.2, 0) is 21.4 Å². The van der Waals surface area contributed by atoms with Gasteiger partial charge in [0, 0.05) is 7.05 Å². The molecule has 8 nitrogen and oxygen atoms in total. The standard InChI is InChI=1S/C19H22N4O4S2/c1-4-15(23(29(3,25)26)14-9-6-5-7-10-14)19(24)22(2)13-17-20-18(21-27-17)16-11-8-12-28-16/h5-12,15H,4,13H2,1-3H3/t15-/m0/s1. The summed E-state index contributed by atoms with van der Waals surface area (Å²) in [4.78, 5) is 19.7. The third kappa shape index (κ3) is 4.83. The number of rotatable bonds is 8. The van der Waals surface area contributed by atoms with E-state index in [4.69, 9.17) is 4.52 Å². The zero-order valence-corrected chi connectivity index (χ0v) is 18.0. The van der Waals surface area contributed by atoms with Crippen LogP contribution in [0.4, 0.5) is 5.69 Å². The van der Waals surface area contributed by atoms with Crippen LogP contribution in [0, 0.1) is 0 Å². The predicted octanol–water partition coefficient (Wildman–Crippen LogP) is 3.00. The highest BCUT2D eigenvalue weighted by Gasteiger charge is 2.33. The van der Waals surface area contributed by atoms with Crippen molar-refractivity contribution in [3.8, 4) is 10.7 Å². The van der Waals surface area contributed by atoms with Crippen molar-refractivity contribution in [2.45, 2.75) is 25.9 Å². The number of carbonyl (C=O) groups excluding carboxylic acids is 1. The predicted molar refractivity (Wildman–Crippen MR) is 112 cm³/mol. The van der Waals surface area contributed by atoms with Gasteiger partial charge in [-0.15, -0.1) is 11.3 Å². The monoisotopic (exact) mass is 434 g/mol. The van der Waals surface area contributed by atoms with Crippen molar-refractivity contribution in [3.63, 3.8) is 0 Å². The normalized spacial score (nSPS) is 12.5. The third-order valence-corrected chi connectivity index (χ3v) is 6.33. The molecule has 0 saturated heterocycles. The smallest absolute Gasteiger partial charge is 0.246 e. The number of sulfonamides is 1. The van der Waals surface area contributed by atoms with Crippen LogP contribution >= 0.6 is 11.3 Å². The van der Waals surface area contributed by atoms with Crippen molar-refractivity contribution in [1.29, 1.82) is 0 Å². The highest BCUT2D eigenvalue weighted by molar-refractivity contribution is 7.92. The zero-order chi connectivity index (χ0) is 21.0. The average Bonchev–Trinajstić information content (AvgIpc) is 3.36. The summed E-state index contributed by atoms with van der Waals surface area (Å²) in [6.45, 7) is 1.86. The number of para-hydroxylation sites is 1. The van der Waals surface area contributed by atoms with Gasteiger partial charge >= 0.3 is 0 Å². The molecule has 1 aromatic carbocycles. The number of benzene rings is 1. The van der Waals surface area contributed by atoms with Gasteiger partial charge in [-0.05, 0) is 30.0 Å². The number of nitrogens with zero attached hydrogens (tertiary/aromatic N) is 4. The molecule has 0 aliphatic heterocycles. The van der Waals surface area contributed by atoms with E-state index < -0.39 is 16.1 Å². The van der Waals surface area contributed by atoms with Crippen LogP contribution in [-0.4, -0.2) is 48.7 Å². The first-order chi connectivity index (χ1) is 13.8. The molecule has 3 aromatic rings. The summed E-state index contributed by atoms with van der Waals surface area (Å²) in [5.41, 5.74) is 0.446. The van der Waals surface area contributed by atoms with Gasteiger partial charge in [-0.2, -0.15) is 4.98 Å². The fourth-order valence-electron chi connectivity index (χ4n) is 2.98. The van der Waals surface area contributed by atoms with Crippen molar-refractivity contribution in [3.05, 3.63) is 53.7 Å². The molecule has 2 aromatic heterocycles. The lowest BCUT2D eigenvalue weighted by Gasteiger charge is -2.32. The number of aromatic nitrogens is 2. The van der Waals surface area contributed by atoms with Gasteiger partial charge in [0.15, 0.2) is 0 Å². The number of hydrogen-bond acceptors (Lipinski definition) is 7. The highest BCUT2D eigenvalue weighted by Crippen LogP contribution is 2.24. The van der Waals surface area contributed by atoms with E-state index in [2.05, 4.69) is 10.1 Å². The van der Waals surface area contributed by atoms with E-state index in [-0.39, 0.29) is 18.3 Å². The molecular formula is C19H22N4O4S2. The van der Waals surface area contributed by atoms with Gasteiger partial charge in [0.1, 0.15) is 6.04 Å². The number of thiophene rings is 1. The summed E-state index contributed by atoms with van der Waals surface area (Å²) < 4.78 is 31.4. The van der Waals surface area contributed by atoms with E-state index >= 15 is 0 Å². The molecule has 0 bridgehead atoms. The van der Waals surface area contributed by atoms with Crippen molar-refractivity contribution in [1.82, 2.24) is 15.0 Å². The first kappa shape index (κ1) is 21.0. The number of anilines is 1. The summed E-state index contributed by atoms with van der Waals surface area (Å²) in [5, 5.41) is 5.85. The lowest BCUT2D eigenvalue weighted by molar-refractivity contribution is -0.132. The Morgan fingerprint density at radius 1 is 1.21 bits per heavy atom. The third-order valence-electron chi connectivity index (χ3n) is 4.28. The van der Waals surface area contributed by atoms with Gasteiger partial charge in [0.05, 0.1) is 23.4 Å². The van der Waals surface area contributed by atoms with E-state index in [0.29, 0.717) is 17.9 Å². The minimum atomic E-state index is -3.67. The molecule has 29 heavy (non-hydrogen) atoms. The topological polar surface area (TPSA) is 96.6 Å². The molecule has 0 aliphatic carbocycles. The maximum absolute atomic E-state index is 13.1. The van der Waals surface area contributed by atoms with Gasteiger partial charge in [0.2, 0.25) is 27.6 Å². The van der Waals surface area contributed by atoms with Crippen molar-refractivity contribution < 1.29 is 17.7 Å². The van der Waals surface area contributed by atoms with Crippen molar-refractivity contribution in [2.75, 3.05) is 17.6 Å². The average molecular weight is 435 g/mol. The van der Waals surface area contributed by atoms with Crippen LogP contribution in [0.5, 0.6) is 0 Å². The van der Waals surface area contributed by atoms with Gasteiger partial charge in [-0.1, -0.05) is 36.3 Å². The van der Waals surface area contributed by atoms with Gasteiger partial charge in [-0.25, -0.2) is 8.42 Å². The first-order valence-corrected chi connectivity index (χ1v) is 11.7. The van der Waals surface area contributed by atoms with Crippen LogP contribution in [0.1, 0.15) is 19.2 Å². The summed E-state index contributed by atoms with van der Waals surface area (Å²) in [7, 11) is -2.08. The Morgan fingerprint density at radius 3 is 2.52 bits per heavy atom.